The molecule has 2 rings (SSSR count). The van der Waals surface area contributed by atoms with E-state index in [0.717, 1.165) is 5.56 Å². The Balaban J connectivity index is 2.24. The molecule has 0 aromatic heterocycles. The van der Waals surface area contributed by atoms with Gasteiger partial charge in [0.15, 0.2) is 0 Å². The lowest BCUT2D eigenvalue weighted by atomic mass is 10.1. The zero-order valence-electron chi connectivity index (χ0n) is 10.5. The Morgan fingerprint density at radius 3 is 2.74 bits per heavy atom. The molecule has 2 aromatic carbocycles. The normalized spacial score (nSPS) is 11.6. The summed E-state index contributed by atoms with van der Waals surface area (Å²) >= 11 is 0. The number of nitrogens with two attached hydrogens (primary N) is 1. The van der Waals surface area contributed by atoms with Gasteiger partial charge < -0.3 is 11.1 Å². The Morgan fingerprint density at radius 1 is 1.26 bits per heavy atom. The summed E-state index contributed by atoms with van der Waals surface area (Å²) in [7, 11) is 0. The molecule has 0 aliphatic carbocycles. The summed E-state index contributed by atoms with van der Waals surface area (Å²) in [4.78, 5) is 0. The van der Waals surface area contributed by atoms with E-state index in [1.165, 1.54) is 12.1 Å². The Hall–Kier alpha value is -2.54. The molecule has 0 radical (unpaired) electrons. The SMILES string of the molecule is CC(Nc1ccc(N)cc1C#N)c1cccc(F)c1. The number of hydrogen-bond donors (Lipinski definition) is 2. The van der Waals surface area contributed by atoms with Crippen LogP contribution in [-0.4, -0.2) is 0 Å². The number of nitrogens with zero attached hydrogens (tertiary/aromatic N) is 1. The number of halogens is 1. The molecule has 1 unspecified atom stereocenters. The summed E-state index contributed by atoms with van der Waals surface area (Å²) in [6, 6.07) is 13.4. The van der Waals surface area contributed by atoms with Gasteiger partial charge in [-0.1, -0.05) is 12.1 Å². The van der Waals surface area contributed by atoms with Crippen molar-refractivity contribution in [2.75, 3.05) is 11.1 Å². The molecule has 0 fully saturated rings. The van der Waals surface area contributed by atoms with Crippen LogP contribution in [0.3, 0.4) is 0 Å². The topological polar surface area (TPSA) is 61.8 Å². The van der Waals surface area contributed by atoms with E-state index in [-0.39, 0.29) is 11.9 Å². The summed E-state index contributed by atoms with van der Waals surface area (Å²) in [5.41, 5.74) is 8.16. The number of anilines is 2. The maximum atomic E-state index is 13.2. The molecule has 96 valence electrons. The van der Waals surface area contributed by atoms with Crippen molar-refractivity contribution in [1.29, 1.82) is 5.26 Å². The first-order chi connectivity index (χ1) is 9.10. The third-order valence-electron chi connectivity index (χ3n) is 2.88. The average molecular weight is 255 g/mol. The lowest BCUT2D eigenvalue weighted by molar-refractivity contribution is 0.623. The van der Waals surface area contributed by atoms with Crippen LogP contribution in [-0.2, 0) is 0 Å². The predicted octanol–water partition coefficient (Wildman–Crippen LogP) is 3.45. The quantitative estimate of drug-likeness (QED) is 0.826. The van der Waals surface area contributed by atoms with Crippen LogP contribution in [0.1, 0.15) is 24.1 Å². The molecule has 0 amide bonds. The van der Waals surface area contributed by atoms with Crippen molar-refractivity contribution in [2.45, 2.75) is 13.0 Å². The second-order valence-electron chi connectivity index (χ2n) is 4.34. The van der Waals surface area contributed by atoms with Crippen molar-refractivity contribution < 1.29 is 4.39 Å². The Kier molecular flexibility index (Phi) is 3.67. The summed E-state index contributed by atoms with van der Waals surface area (Å²) in [6.45, 7) is 1.91. The summed E-state index contributed by atoms with van der Waals surface area (Å²) < 4.78 is 13.2. The van der Waals surface area contributed by atoms with E-state index >= 15 is 0 Å². The fourth-order valence-electron chi connectivity index (χ4n) is 1.87. The maximum Gasteiger partial charge on any atom is 0.123 e. The first kappa shape index (κ1) is 12.9. The summed E-state index contributed by atoms with van der Waals surface area (Å²) in [6.07, 6.45) is 0. The number of benzene rings is 2. The molecule has 0 saturated heterocycles. The highest BCUT2D eigenvalue weighted by Gasteiger charge is 2.09. The molecular formula is C15H14FN3. The molecule has 3 nitrogen and oxygen atoms in total. The highest BCUT2D eigenvalue weighted by molar-refractivity contribution is 5.63. The third kappa shape index (κ3) is 3.02. The van der Waals surface area contributed by atoms with Crippen molar-refractivity contribution in [2.24, 2.45) is 0 Å². The van der Waals surface area contributed by atoms with E-state index in [2.05, 4.69) is 11.4 Å². The van der Waals surface area contributed by atoms with Crippen LogP contribution in [0.25, 0.3) is 0 Å². The van der Waals surface area contributed by atoms with Crippen LogP contribution in [0.4, 0.5) is 15.8 Å². The Bertz CT molecular complexity index is 632. The van der Waals surface area contributed by atoms with E-state index in [1.54, 1.807) is 24.3 Å². The summed E-state index contributed by atoms with van der Waals surface area (Å²) in [5, 5.41) is 12.3. The fraction of sp³-hybridized carbons (Fsp3) is 0.133. The van der Waals surface area contributed by atoms with Gasteiger partial charge >= 0.3 is 0 Å². The Labute approximate surface area is 111 Å². The van der Waals surface area contributed by atoms with Crippen LogP contribution < -0.4 is 11.1 Å². The zero-order chi connectivity index (χ0) is 13.8. The van der Waals surface area contributed by atoms with E-state index in [1.807, 2.05) is 13.0 Å². The molecule has 4 heteroatoms. The molecule has 0 heterocycles. The van der Waals surface area contributed by atoms with Crippen LogP contribution in [0.5, 0.6) is 0 Å². The molecule has 0 aliphatic rings. The van der Waals surface area contributed by atoms with Crippen molar-refractivity contribution in [1.82, 2.24) is 0 Å². The molecule has 0 saturated carbocycles. The second kappa shape index (κ2) is 5.40. The van der Waals surface area contributed by atoms with Crippen molar-refractivity contribution in [3.63, 3.8) is 0 Å². The van der Waals surface area contributed by atoms with Crippen LogP contribution >= 0.6 is 0 Å². The molecule has 0 bridgehead atoms. The van der Waals surface area contributed by atoms with Gasteiger partial charge in [0.1, 0.15) is 11.9 Å². The monoisotopic (exact) mass is 255 g/mol. The minimum absolute atomic E-state index is 0.105. The molecule has 3 N–H and O–H groups in total. The van der Waals surface area contributed by atoms with E-state index in [4.69, 9.17) is 11.0 Å². The molecule has 1 atom stereocenters. The highest BCUT2D eigenvalue weighted by atomic mass is 19.1. The number of hydrogen-bond acceptors (Lipinski definition) is 3. The second-order valence-corrected chi connectivity index (χ2v) is 4.34. The van der Waals surface area contributed by atoms with Gasteiger partial charge in [-0.25, -0.2) is 4.39 Å². The lowest BCUT2D eigenvalue weighted by Crippen LogP contribution is -2.08. The number of nitrogen functional groups attached to an aromatic ring is 1. The molecule has 0 spiro atoms. The van der Waals surface area contributed by atoms with Gasteiger partial charge in [0.2, 0.25) is 0 Å². The van der Waals surface area contributed by atoms with Gasteiger partial charge in [0.05, 0.1) is 11.3 Å². The largest absolute Gasteiger partial charge is 0.399 e. The molecular weight excluding hydrogens is 241 g/mol. The average Bonchev–Trinajstić information content (AvgIpc) is 2.40. The number of nitriles is 1. The zero-order valence-corrected chi connectivity index (χ0v) is 10.5. The van der Waals surface area contributed by atoms with Gasteiger partial charge in [0.25, 0.3) is 0 Å². The standard InChI is InChI=1S/C15H14FN3/c1-10(11-3-2-4-13(16)7-11)19-15-6-5-14(18)8-12(15)9-17/h2-8,10,19H,18H2,1H3. The van der Waals surface area contributed by atoms with Gasteiger partial charge in [0, 0.05) is 11.7 Å². The lowest BCUT2D eigenvalue weighted by Gasteiger charge is -2.17. The minimum Gasteiger partial charge on any atom is -0.399 e. The first-order valence-corrected chi connectivity index (χ1v) is 5.92. The van der Waals surface area contributed by atoms with Gasteiger partial charge in [-0.3, -0.25) is 0 Å². The molecule has 19 heavy (non-hydrogen) atoms. The van der Waals surface area contributed by atoms with E-state index in [9.17, 15) is 4.39 Å². The van der Waals surface area contributed by atoms with Crippen LogP contribution in [0, 0.1) is 17.1 Å². The van der Waals surface area contributed by atoms with Crippen molar-refractivity contribution in [3.8, 4) is 6.07 Å². The molecule has 2 aromatic rings. The van der Waals surface area contributed by atoms with Crippen molar-refractivity contribution >= 4 is 11.4 Å². The van der Waals surface area contributed by atoms with Crippen molar-refractivity contribution in [3.05, 3.63) is 59.4 Å². The van der Waals surface area contributed by atoms with Gasteiger partial charge in [-0.05, 0) is 42.8 Å². The smallest absolute Gasteiger partial charge is 0.123 e. The fourth-order valence-corrected chi connectivity index (χ4v) is 1.87. The van der Waals surface area contributed by atoms with Crippen LogP contribution in [0.15, 0.2) is 42.5 Å². The predicted molar refractivity (Wildman–Crippen MR) is 74.0 cm³/mol. The minimum atomic E-state index is -0.274. The number of rotatable bonds is 3. The third-order valence-corrected chi connectivity index (χ3v) is 2.88. The first-order valence-electron chi connectivity index (χ1n) is 5.92. The van der Waals surface area contributed by atoms with Gasteiger partial charge in [-0.2, -0.15) is 5.26 Å². The highest BCUT2D eigenvalue weighted by Crippen LogP contribution is 2.24. The maximum absolute atomic E-state index is 13.2. The number of nitrogens with one attached hydrogen (secondary N) is 1. The molecule has 0 aliphatic heterocycles. The summed E-state index contributed by atoms with van der Waals surface area (Å²) in [5.74, 6) is -0.274. The van der Waals surface area contributed by atoms with E-state index in [0.29, 0.717) is 16.9 Å². The Morgan fingerprint density at radius 2 is 2.05 bits per heavy atom. The van der Waals surface area contributed by atoms with Gasteiger partial charge in [-0.15, -0.1) is 0 Å². The van der Waals surface area contributed by atoms with E-state index < -0.39 is 0 Å². The van der Waals surface area contributed by atoms with Crippen LogP contribution in [0.2, 0.25) is 0 Å².